The molecule has 2 aromatic carbocycles. The van der Waals surface area contributed by atoms with Gasteiger partial charge in [-0.1, -0.05) is 119 Å². The van der Waals surface area contributed by atoms with Crippen LogP contribution in [0.2, 0.25) is 0 Å². The summed E-state index contributed by atoms with van der Waals surface area (Å²) in [5.41, 5.74) is 2.65. The second-order valence-electron chi connectivity index (χ2n) is 9.22. The van der Waals surface area contributed by atoms with Gasteiger partial charge in [0.2, 0.25) is 5.91 Å². The molecule has 0 atom stereocenters. The second kappa shape index (κ2) is 14.1. The smallest absolute Gasteiger partial charge is 0.222 e. The highest BCUT2D eigenvalue weighted by atomic mass is 16.2. The van der Waals surface area contributed by atoms with E-state index < -0.39 is 0 Å². The number of carbonyl (C=O) groups is 1. The molecule has 1 amide bonds. The Hall–Kier alpha value is -2.13. The fourth-order valence-electron chi connectivity index (χ4n) is 4.86. The summed E-state index contributed by atoms with van der Waals surface area (Å²) in [6.45, 7) is 5.80. The molecule has 0 unspecified atom stereocenters. The zero-order valence-corrected chi connectivity index (χ0v) is 20.1. The first-order chi connectivity index (χ1) is 15.8. The number of nitrogens with zero attached hydrogens (tertiary/aromatic N) is 2. The van der Waals surface area contributed by atoms with Crippen LogP contribution in [0.25, 0.3) is 0 Å². The first-order valence-electron chi connectivity index (χ1n) is 12.9. The summed E-state index contributed by atoms with van der Waals surface area (Å²) >= 11 is 0. The van der Waals surface area contributed by atoms with Gasteiger partial charge in [0.15, 0.2) is 0 Å². The van der Waals surface area contributed by atoms with Crippen molar-refractivity contribution in [2.75, 3.05) is 26.2 Å². The van der Waals surface area contributed by atoms with Gasteiger partial charge in [0.05, 0.1) is 6.04 Å². The molecule has 1 heterocycles. The molecule has 3 nitrogen and oxygen atoms in total. The average Bonchev–Trinajstić information content (AvgIpc) is 2.85. The van der Waals surface area contributed by atoms with E-state index in [-0.39, 0.29) is 6.04 Å². The lowest BCUT2D eigenvalue weighted by Gasteiger charge is -2.40. The molecule has 1 fully saturated rings. The van der Waals surface area contributed by atoms with Crippen LogP contribution in [0.15, 0.2) is 60.7 Å². The number of carbonyl (C=O) groups excluding carboxylic acids is 1. The lowest BCUT2D eigenvalue weighted by Crippen LogP contribution is -2.49. The molecule has 3 heteroatoms. The van der Waals surface area contributed by atoms with Gasteiger partial charge in [-0.25, -0.2) is 0 Å². The lowest BCUT2D eigenvalue weighted by atomic mass is 9.96. The first kappa shape index (κ1) is 24.5. The van der Waals surface area contributed by atoms with Crippen molar-refractivity contribution in [3.05, 3.63) is 71.8 Å². The summed E-state index contributed by atoms with van der Waals surface area (Å²) < 4.78 is 0. The second-order valence-corrected chi connectivity index (χ2v) is 9.22. The van der Waals surface area contributed by atoms with E-state index in [1.54, 1.807) is 0 Å². The molecule has 0 saturated carbocycles. The number of amides is 1. The van der Waals surface area contributed by atoms with Crippen LogP contribution in [0.4, 0.5) is 0 Å². The molecule has 1 aliphatic rings. The Morgan fingerprint density at radius 2 is 1.16 bits per heavy atom. The van der Waals surface area contributed by atoms with Gasteiger partial charge >= 0.3 is 0 Å². The molecule has 3 rings (SSSR count). The van der Waals surface area contributed by atoms with Gasteiger partial charge in [0.1, 0.15) is 0 Å². The van der Waals surface area contributed by atoms with E-state index in [2.05, 4.69) is 77.4 Å². The largest absolute Gasteiger partial charge is 0.340 e. The van der Waals surface area contributed by atoms with E-state index >= 15 is 0 Å². The minimum Gasteiger partial charge on any atom is -0.340 e. The molecule has 0 radical (unpaired) electrons. The van der Waals surface area contributed by atoms with E-state index in [0.29, 0.717) is 5.91 Å². The third kappa shape index (κ3) is 7.78. The number of benzene rings is 2. The van der Waals surface area contributed by atoms with E-state index in [0.717, 1.165) is 39.0 Å². The number of hydrogen-bond acceptors (Lipinski definition) is 2. The van der Waals surface area contributed by atoms with Crippen molar-refractivity contribution in [1.82, 2.24) is 9.80 Å². The van der Waals surface area contributed by atoms with Crippen LogP contribution in [0.1, 0.15) is 88.3 Å². The van der Waals surface area contributed by atoms with Gasteiger partial charge in [0.25, 0.3) is 0 Å². The molecule has 32 heavy (non-hydrogen) atoms. The fourth-order valence-corrected chi connectivity index (χ4v) is 4.86. The molecular formula is C29H42N2O. The van der Waals surface area contributed by atoms with Crippen molar-refractivity contribution in [3.63, 3.8) is 0 Å². The van der Waals surface area contributed by atoms with Gasteiger partial charge in [-0.15, -0.1) is 0 Å². The van der Waals surface area contributed by atoms with Crippen molar-refractivity contribution in [2.24, 2.45) is 0 Å². The summed E-state index contributed by atoms with van der Waals surface area (Å²) in [5, 5.41) is 0. The average molecular weight is 435 g/mol. The van der Waals surface area contributed by atoms with E-state index in [4.69, 9.17) is 0 Å². The number of hydrogen-bond donors (Lipinski definition) is 0. The van der Waals surface area contributed by atoms with Crippen molar-refractivity contribution >= 4 is 5.91 Å². The first-order valence-corrected chi connectivity index (χ1v) is 12.9. The zero-order valence-electron chi connectivity index (χ0n) is 20.1. The summed E-state index contributed by atoms with van der Waals surface area (Å²) in [6.07, 6.45) is 12.4. The Bertz CT molecular complexity index is 714. The standard InChI is InChI=1S/C29H42N2O/c1-2-3-4-5-6-7-8-9-16-21-28(32)30-22-24-31(25-23-30)29(26-17-12-10-13-18-26)27-19-14-11-15-20-27/h10-15,17-20,29H,2-9,16,21-25H2,1H3. The molecule has 174 valence electrons. The third-order valence-electron chi connectivity index (χ3n) is 6.76. The third-order valence-corrected chi connectivity index (χ3v) is 6.76. The van der Waals surface area contributed by atoms with Crippen LogP contribution in [0.5, 0.6) is 0 Å². The van der Waals surface area contributed by atoms with Crippen LogP contribution in [-0.2, 0) is 4.79 Å². The van der Waals surface area contributed by atoms with Gasteiger partial charge in [-0.05, 0) is 17.5 Å². The Balaban J connectivity index is 1.41. The van der Waals surface area contributed by atoms with Crippen molar-refractivity contribution in [3.8, 4) is 0 Å². The topological polar surface area (TPSA) is 23.6 Å². The number of piperazine rings is 1. The highest BCUT2D eigenvalue weighted by Gasteiger charge is 2.27. The van der Waals surface area contributed by atoms with Crippen LogP contribution < -0.4 is 0 Å². The number of unbranched alkanes of at least 4 members (excludes halogenated alkanes) is 8. The van der Waals surface area contributed by atoms with Crippen molar-refractivity contribution in [1.29, 1.82) is 0 Å². The van der Waals surface area contributed by atoms with Gasteiger partial charge in [-0.3, -0.25) is 9.69 Å². The summed E-state index contributed by atoms with van der Waals surface area (Å²) in [6, 6.07) is 21.8. The number of rotatable bonds is 13. The quantitative estimate of drug-likeness (QED) is 0.322. The summed E-state index contributed by atoms with van der Waals surface area (Å²) in [7, 11) is 0. The van der Waals surface area contributed by atoms with Crippen LogP contribution in [0.3, 0.4) is 0 Å². The predicted molar refractivity (Wildman–Crippen MR) is 135 cm³/mol. The van der Waals surface area contributed by atoms with Gasteiger partial charge in [0, 0.05) is 32.6 Å². The minimum atomic E-state index is 0.256. The SMILES string of the molecule is CCCCCCCCCCCC(=O)N1CCN(C(c2ccccc2)c2ccccc2)CC1. The minimum absolute atomic E-state index is 0.256. The summed E-state index contributed by atoms with van der Waals surface area (Å²) in [5.74, 6) is 0.351. The highest BCUT2D eigenvalue weighted by Crippen LogP contribution is 2.29. The Morgan fingerprint density at radius 3 is 1.66 bits per heavy atom. The fraction of sp³-hybridized carbons (Fsp3) is 0.552. The highest BCUT2D eigenvalue weighted by molar-refractivity contribution is 5.76. The molecular weight excluding hydrogens is 392 g/mol. The Labute approximate surface area is 195 Å². The van der Waals surface area contributed by atoms with Gasteiger partial charge < -0.3 is 4.90 Å². The van der Waals surface area contributed by atoms with E-state index in [1.807, 2.05) is 0 Å². The summed E-state index contributed by atoms with van der Waals surface area (Å²) in [4.78, 5) is 17.4. The van der Waals surface area contributed by atoms with E-state index in [1.165, 1.54) is 62.5 Å². The molecule has 1 aliphatic heterocycles. The van der Waals surface area contributed by atoms with Crippen molar-refractivity contribution in [2.45, 2.75) is 77.2 Å². The maximum absolute atomic E-state index is 12.7. The Morgan fingerprint density at radius 1 is 0.688 bits per heavy atom. The molecule has 0 bridgehead atoms. The predicted octanol–water partition coefficient (Wildman–Crippen LogP) is 6.84. The van der Waals surface area contributed by atoms with Crippen molar-refractivity contribution < 1.29 is 4.79 Å². The normalized spacial score (nSPS) is 14.8. The van der Waals surface area contributed by atoms with Crippen LogP contribution >= 0.6 is 0 Å². The maximum atomic E-state index is 12.7. The van der Waals surface area contributed by atoms with Crippen LogP contribution in [-0.4, -0.2) is 41.9 Å². The van der Waals surface area contributed by atoms with E-state index in [9.17, 15) is 4.79 Å². The van der Waals surface area contributed by atoms with Gasteiger partial charge in [-0.2, -0.15) is 0 Å². The molecule has 0 aromatic heterocycles. The lowest BCUT2D eigenvalue weighted by molar-refractivity contribution is -0.133. The molecule has 0 N–H and O–H groups in total. The molecule has 0 aliphatic carbocycles. The maximum Gasteiger partial charge on any atom is 0.222 e. The molecule has 1 saturated heterocycles. The molecule has 2 aromatic rings. The Kier molecular flexibility index (Phi) is 10.8. The monoisotopic (exact) mass is 434 g/mol. The molecule has 0 spiro atoms. The zero-order chi connectivity index (χ0) is 22.4. The van der Waals surface area contributed by atoms with Crippen LogP contribution in [0, 0.1) is 0 Å².